The summed E-state index contributed by atoms with van der Waals surface area (Å²) in [7, 11) is -1.04. The zero-order chi connectivity index (χ0) is 13.3. The van der Waals surface area contributed by atoms with Crippen molar-refractivity contribution in [3.8, 4) is 0 Å². The van der Waals surface area contributed by atoms with Gasteiger partial charge in [-0.1, -0.05) is 6.42 Å². The van der Waals surface area contributed by atoms with E-state index >= 15 is 0 Å². The first-order valence-electron chi connectivity index (χ1n) is 6.31. The molecular weight excluding hydrogens is 250 g/mol. The molecule has 1 fully saturated rings. The summed E-state index contributed by atoms with van der Waals surface area (Å²) in [5.74, 6) is 1.05. The largest absolute Gasteiger partial charge is 0.337 e. The van der Waals surface area contributed by atoms with Crippen molar-refractivity contribution in [2.75, 3.05) is 6.26 Å². The normalized spacial score (nSPS) is 27.1. The number of sulfone groups is 1. The minimum Gasteiger partial charge on any atom is -0.337 e. The second-order valence-corrected chi connectivity index (χ2v) is 7.63. The smallest absolute Gasteiger partial charge is 0.150 e. The van der Waals surface area contributed by atoms with Crippen molar-refractivity contribution in [3.05, 3.63) is 18.2 Å². The fourth-order valence-corrected chi connectivity index (χ4v) is 4.00. The van der Waals surface area contributed by atoms with Crippen LogP contribution < -0.4 is 5.73 Å². The number of nitrogens with zero attached hydrogens (tertiary/aromatic N) is 2. The van der Waals surface area contributed by atoms with Crippen LogP contribution in [0.1, 0.15) is 37.5 Å². The number of aromatic nitrogens is 2. The van der Waals surface area contributed by atoms with Crippen LogP contribution in [0, 0.1) is 5.92 Å². The summed E-state index contributed by atoms with van der Waals surface area (Å²) in [5, 5.41) is -0.234. The van der Waals surface area contributed by atoms with Crippen LogP contribution >= 0.6 is 0 Å². The Balaban J connectivity index is 2.12. The number of hydrogen-bond acceptors (Lipinski definition) is 4. The Morgan fingerprint density at radius 1 is 1.50 bits per heavy atom. The molecule has 3 atom stereocenters. The van der Waals surface area contributed by atoms with Crippen LogP contribution in [0.15, 0.2) is 12.4 Å². The summed E-state index contributed by atoms with van der Waals surface area (Å²) in [6.07, 6.45) is 8.26. The van der Waals surface area contributed by atoms with Crippen LogP contribution in [0.2, 0.25) is 0 Å². The lowest BCUT2D eigenvalue weighted by molar-refractivity contribution is 0.298. The molecule has 1 aromatic rings. The molecule has 1 aromatic heterocycles. The van der Waals surface area contributed by atoms with Gasteiger partial charge in [0.2, 0.25) is 0 Å². The molecule has 0 amide bonds. The maximum absolute atomic E-state index is 11.6. The zero-order valence-corrected chi connectivity index (χ0v) is 11.7. The number of nitrogens with two attached hydrogens (primary N) is 1. The lowest BCUT2D eigenvalue weighted by Crippen LogP contribution is -2.34. The molecule has 0 spiro atoms. The van der Waals surface area contributed by atoms with Gasteiger partial charge < -0.3 is 10.3 Å². The molecule has 0 aliphatic heterocycles. The third kappa shape index (κ3) is 2.75. The van der Waals surface area contributed by atoms with E-state index < -0.39 is 9.84 Å². The zero-order valence-electron chi connectivity index (χ0n) is 10.9. The minimum absolute atomic E-state index is 0.172. The first kappa shape index (κ1) is 13.5. The molecule has 18 heavy (non-hydrogen) atoms. The summed E-state index contributed by atoms with van der Waals surface area (Å²) in [4.78, 5) is 4.27. The van der Waals surface area contributed by atoms with Crippen molar-refractivity contribution >= 4 is 9.84 Å². The molecule has 3 unspecified atom stereocenters. The van der Waals surface area contributed by atoms with Gasteiger partial charge in [-0.05, 0) is 25.2 Å². The lowest BCUT2D eigenvalue weighted by Gasteiger charge is -2.31. The predicted molar refractivity (Wildman–Crippen MR) is 70.7 cm³/mol. The number of imidazole rings is 1. The van der Waals surface area contributed by atoms with Crippen molar-refractivity contribution < 1.29 is 8.42 Å². The van der Waals surface area contributed by atoms with E-state index in [0.29, 0.717) is 6.42 Å². The quantitative estimate of drug-likeness (QED) is 0.890. The van der Waals surface area contributed by atoms with Gasteiger partial charge in [0.15, 0.2) is 0 Å². The number of aryl methyl sites for hydroxylation is 1. The Kier molecular flexibility index (Phi) is 3.77. The monoisotopic (exact) mass is 271 g/mol. The van der Waals surface area contributed by atoms with Gasteiger partial charge in [0, 0.05) is 25.7 Å². The molecule has 1 heterocycles. The standard InChI is InChI=1S/C12H21N3O2S/c1-15-7-6-14-12(15)11(13)9-4-3-5-10(8-9)18(2,16)17/h6-7,9-11H,3-5,8,13H2,1-2H3. The predicted octanol–water partition coefficient (Wildman–Crippen LogP) is 1.02. The van der Waals surface area contributed by atoms with E-state index in [-0.39, 0.29) is 17.2 Å². The van der Waals surface area contributed by atoms with Crippen LogP contribution in [0.5, 0.6) is 0 Å². The molecule has 1 aliphatic carbocycles. The van der Waals surface area contributed by atoms with E-state index in [1.807, 2.05) is 17.8 Å². The van der Waals surface area contributed by atoms with E-state index in [2.05, 4.69) is 4.98 Å². The maximum Gasteiger partial charge on any atom is 0.150 e. The van der Waals surface area contributed by atoms with E-state index in [0.717, 1.165) is 25.1 Å². The second-order valence-electron chi connectivity index (χ2n) is 5.30. The molecule has 0 saturated heterocycles. The van der Waals surface area contributed by atoms with Crippen molar-refractivity contribution in [1.82, 2.24) is 9.55 Å². The van der Waals surface area contributed by atoms with Gasteiger partial charge in [-0.15, -0.1) is 0 Å². The fourth-order valence-electron chi connectivity index (χ4n) is 2.81. The molecule has 1 saturated carbocycles. The molecular formula is C12H21N3O2S. The molecule has 1 aliphatic rings. The van der Waals surface area contributed by atoms with E-state index in [1.165, 1.54) is 6.26 Å². The van der Waals surface area contributed by atoms with Crippen LogP contribution in [-0.4, -0.2) is 29.5 Å². The second kappa shape index (κ2) is 5.01. The SMILES string of the molecule is Cn1ccnc1C(N)C1CCCC(S(C)(=O)=O)C1. The Hall–Kier alpha value is -0.880. The van der Waals surface area contributed by atoms with Gasteiger partial charge in [0.05, 0.1) is 11.3 Å². The molecule has 6 heteroatoms. The minimum atomic E-state index is -2.95. The van der Waals surface area contributed by atoms with Gasteiger partial charge in [-0.2, -0.15) is 0 Å². The molecule has 0 bridgehead atoms. The van der Waals surface area contributed by atoms with Crippen molar-refractivity contribution in [1.29, 1.82) is 0 Å². The van der Waals surface area contributed by atoms with Gasteiger partial charge in [0.25, 0.3) is 0 Å². The van der Waals surface area contributed by atoms with E-state index in [9.17, 15) is 8.42 Å². The number of hydrogen-bond donors (Lipinski definition) is 1. The highest BCUT2D eigenvalue weighted by atomic mass is 32.2. The van der Waals surface area contributed by atoms with Crippen LogP contribution in [0.4, 0.5) is 0 Å². The highest BCUT2D eigenvalue weighted by Gasteiger charge is 2.33. The Bertz CT molecular complexity index is 509. The van der Waals surface area contributed by atoms with Gasteiger partial charge in [-0.25, -0.2) is 13.4 Å². The molecule has 2 N–H and O–H groups in total. The van der Waals surface area contributed by atoms with Crippen LogP contribution in [0.25, 0.3) is 0 Å². The highest BCUT2D eigenvalue weighted by molar-refractivity contribution is 7.91. The Morgan fingerprint density at radius 2 is 2.22 bits per heavy atom. The van der Waals surface area contributed by atoms with Gasteiger partial charge in [0.1, 0.15) is 15.7 Å². The van der Waals surface area contributed by atoms with Crippen molar-refractivity contribution in [2.45, 2.75) is 37.0 Å². The first-order valence-corrected chi connectivity index (χ1v) is 8.26. The van der Waals surface area contributed by atoms with Crippen LogP contribution in [0.3, 0.4) is 0 Å². The third-order valence-corrected chi connectivity index (χ3v) is 5.58. The van der Waals surface area contributed by atoms with Crippen molar-refractivity contribution in [3.63, 3.8) is 0 Å². The molecule has 2 rings (SSSR count). The number of rotatable bonds is 3. The topological polar surface area (TPSA) is 78.0 Å². The van der Waals surface area contributed by atoms with E-state index in [1.54, 1.807) is 6.20 Å². The fraction of sp³-hybridized carbons (Fsp3) is 0.750. The van der Waals surface area contributed by atoms with Gasteiger partial charge >= 0.3 is 0 Å². The van der Waals surface area contributed by atoms with Crippen molar-refractivity contribution in [2.24, 2.45) is 18.7 Å². The molecule has 102 valence electrons. The summed E-state index contributed by atoms with van der Waals surface area (Å²) in [6, 6.07) is -0.172. The highest BCUT2D eigenvalue weighted by Crippen LogP contribution is 2.34. The maximum atomic E-state index is 11.6. The molecule has 0 radical (unpaired) electrons. The first-order chi connectivity index (χ1) is 8.39. The average Bonchev–Trinajstić information content (AvgIpc) is 2.73. The Morgan fingerprint density at radius 3 is 2.78 bits per heavy atom. The third-order valence-electron chi connectivity index (χ3n) is 3.94. The summed E-state index contributed by atoms with van der Waals surface area (Å²) in [6.45, 7) is 0. The average molecular weight is 271 g/mol. The Labute approximate surface area is 108 Å². The molecule has 5 nitrogen and oxygen atoms in total. The summed E-state index contributed by atoms with van der Waals surface area (Å²) >= 11 is 0. The van der Waals surface area contributed by atoms with Crippen LogP contribution in [-0.2, 0) is 16.9 Å². The molecule has 0 aromatic carbocycles. The summed E-state index contributed by atoms with van der Waals surface area (Å²) in [5.41, 5.74) is 6.24. The lowest BCUT2D eigenvalue weighted by atomic mass is 9.83. The summed E-state index contributed by atoms with van der Waals surface area (Å²) < 4.78 is 25.2. The van der Waals surface area contributed by atoms with E-state index in [4.69, 9.17) is 5.73 Å². The van der Waals surface area contributed by atoms with Gasteiger partial charge in [-0.3, -0.25) is 0 Å².